The van der Waals surface area contributed by atoms with Gasteiger partial charge < -0.3 is 20.2 Å². The van der Waals surface area contributed by atoms with E-state index in [0.717, 1.165) is 42.7 Å². The van der Waals surface area contributed by atoms with Gasteiger partial charge in [-0.3, -0.25) is 0 Å². The van der Waals surface area contributed by atoms with Crippen molar-refractivity contribution in [2.75, 3.05) is 25.6 Å². The van der Waals surface area contributed by atoms with Gasteiger partial charge in [0.1, 0.15) is 6.67 Å². The molecule has 1 unspecified atom stereocenters. The number of nitrogens with one attached hydrogen (secondary N) is 1. The first-order valence-electron chi connectivity index (χ1n) is 12.3. The van der Waals surface area contributed by atoms with Crippen molar-refractivity contribution in [2.45, 2.75) is 42.5 Å². The maximum absolute atomic E-state index is 12.6. The largest absolute Gasteiger partial charge is 0.414 e. The Bertz CT molecular complexity index is 1310. The zero-order valence-corrected chi connectivity index (χ0v) is 21.4. The fourth-order valence-electron chi connectivity index (χ4n) is 3.93. The number of aromatic nitrogens is 4. The van der Waals surface area contributed by atoms with Gasteiger partial charge in [-0.1, -0.05) is 24.3 Å². The SMILES string of the molecule is CC(CF)NCc1ccc(-c2nnc(-c3nc(-c4ccc(SC5CCOCC5)cc4)cnc3N)o2)cc1. The minimum atomic E-state index is -0.406. The first-order chi connectivity index (χ1) is 18.1. The summed E-state index contributed by atoms with van der Waals surface area (Å²) in [5.74, 6) is 0.776. The van der Waals surface area contributed by atoms with Crippen LogP contribution in [0.25, 0.3) is 34.3 Å². The molecule has 0 saturated carbocycles. The summed E-state index contributed by atoms with van der Waals surface area (Å²) in [7, 11) is 0. The average molecular weight is 521 g/mol. The zero-order chi connectivity index (χ0) is 25.6. The second kappa shape index (κ2) is 11.8. The van der Waals surface area contributed by atoms with Crippen LogP contribution in [0.2, 0.25) is 0 Å². The van der Waals surface area contributed by atoms with Crippen molar-refractivity contribution in [3.63, 3.8) is 0 Å². The molecule has 1 fully saturated rings. The van der Waals surface area contributed by atoms with Gasteiger partial charge in [-0.25, -0.2) is 14.4 Å². The van der Waals surface area contributed by atoms with Crippen molar-refractivity contribution in [1.29, 1.82) is 0 Å². The van der Waals surface area contributed by atoms with Crippen LogP contribution in [0.1, 0.15) is 25.3 Å². The molecule has 1 atom stereocenters. The lowest BCUT2D eigenvalue weighted by Gasteiger charge is -2.21. The summed E-state index contributed by atoms with van der Waals surface area (Å²) in [5.41, 5.74) is 9.86. The average Bonchev–Trinajstić information content (AvgIpc) is 3.43. The third-order valence-corrected chi connectivity index (χ3v) is 7.49. The van der Waals surface area contributed by atoms with Crippen molar-refractivity contribution in [1.82, 2.24) is 25.5 Å². The molecule has 1 aliphatic rings. The third kappa shape index (κ3) is 6.33. The molecule has 10 heteroatoms. The third-order valence-electron chi connectivity index (χ3n) is 6.14. The number of alkyl halides is 1. The molecule has 37 heavy (non-hydrogen) atoms. The van der Waals surface area contributed by atoms with Gasteiger partial charge in [-0.05, 0) is 49.6 Å². The highest BCUT2D eigenvalue weighted by Gasteiger charge is 2.18. The Morgan fingerprint density at radius 2 is 1.73 bits per heavy atom. The number of nitrogen functional groups attached to an aromatic ring is 1. The number of nitrogens with zero attached hydrogens (tertiary/aromatic N) is 4. The highest BCUT2D eigenvalue weighted by atomic mass is 32.2. The molecule has 0 spiro atoms. The van der Waals surface area contributed by atoms with Gasteiger partial charge >= 0.3 is 0 Å². The fourth-order valence-corrected chi connectivity index (χ4v) is 5.04. The highest BCUT2D eigenvalue weighted by molar-refractivity contribution is 8.00. The summed E-state index contributed by atoms with van der Waals surface area (Å²) < 4.78 is 24.0. The quantitative estimate of drug-likeness (QED) is 0.309. The Balaban J connectivity index is 1.30. The Labute approximate surface area is 219 Å². The maximum atomic E-state index is 12.6. The number of hydrogen-bond donors (Lipinski definition) is 2. The molecular weight excluding hydrogens is 491 g/mol. The molecule has 3 N–H and O–H groups in total. The van der Waals surface area contributed by atoms with Gasteiger partial charge in [0, 0.05) is 47.1 Å². The lowest BCUT2D eigenvalue weighted by molar-refractivity contribution is 0.100. The van der Waals surface area contributed by atoms with Crippen LogP contribution < -0.4 is 11.1 Å². The van der Waals surface area contributed by atoms with E-state index in [1.165, 1.54) is 4.90 Å². The van der Waals surface area contributed by atoms with Gasteiger partial charge in [0.2, 0.25) is 5.89 Å². The van der Waals surface area contributed by atoms with Crippen molar-refractivity contribution >= 4 is 17.6 Å². The predicted octanol–water partition coefficient (Wildman–Crippen LogP) is 5.16. The van der Waals surface area contributed by atoms with Crippen LogP contribution in [-0.2, 0) is 11.3 Å². The minimum absolute atomic E-state index is 0.186. The lowest BCUT2D eigenvalue weighted by atomic mass is 10.1. The van der Waals surface area contributed by atoms with E-state index in [1.54, 1.807) is 13.1 Å². The molecule has 3 heterocycles. The van der Waals surface area contributed by atoms with E-state index in [-0.39, 0.29) is 17.8 Å². The molecule has 8 nitrogen and oxygen atoms in total. The zero-order valence-electron chi connectivity index (χ0n) is 20.6. The number of nitrogens with two attached hydrogens (primary N) is 1. The molecule has 4 aromatic rings. The van der Waals surface area contributed by atoms with Crippen molar-refractivity contribution < 1.29 is 13.5 Å². The molecule has 1 aliphatic heterocycles. The molecule has 1 saturated heterocycles. The summed E-state index contributed by atoms with van der Waals surface area (Å²) >= 11 is 1.89. The number of benzene rings is 2. The number of anilines is 1. The maximum Gasteiger partial charge on any atom is 0.270 e. The monoisotopic (exact) mass is 520 g/mol. The van der Waals surface area contributed by atoms with Crippen LogP contribution in [0.5, 0.6) is 0 Å². The number of thioether (sulfide) groups is 1. The van der Waals surface area contributed by atoms with E-state index in [0.29, 0.717) is 29.1 Å². The van der Waals surface area contributed by atoms with Gasteiger partial charge in [0.15, 0.2) is 11.5 Å². The van der Waals surface area contributed by atoms with Crippen LogP contribution in [0.15, 0.2) is 64.0 Å². The summed E-state index contributed by atoms with van der Waals surface area (Å²) in [6.07, 6.45) is 3.80. The van der Waals surface area contributed by atoms with E-state index in [9.17, 15) is 4.39 Å². The predicted molar refractivity (Wildman–Crippen MR) is 143 cm³/mol. The summed E-state index contributed by atoms with van der Waals surface area (Å²) in [6, 6.07) is 15.8. The molecule has 192 valence electrons. The van der Waals surface area contributed by atoms with Gasteiger partial charge in [-0.15, -0.1) is 22.0 Å². The Hall–Kier alpha value is -3.34. The number of hydrogen-bond acceptors (Lipinski definition) is 9. The summed E-state index contributed by atoms with van der Waals surface area (Å²) in [5, 5.41) is 12.0. The van der Waals surface area contributed by atoms with E-state index in [2.05, 4.69) is 37.6 Å². The van der Waals surface area contributed by atoms with Gasteiger partial charge in [0.05, 0.1) is 11.9 Å². The standard InChI is InChI=1S/C27H29FN6O2S/c1-17(14-28)30-15-18-2-4-20(5-3-18)26-33-34-27(36-26)24-25(29)31-16-23(32-24)19-6-8-21(9-7-19)37-22-10-12-35-13-11-22/h2-9,16-17,22,30H,10-15H2,1H3,(H2,29,31). The molecule has 0 bridgehead atoms. The fraction of sp³-hybridized carbons (Fsp3) is 0.333. The van der Waals surface area contributed by atoms with Crippen LogP contribution in [0, 0.1) is 0 Å². The van der Waals surface area contributed by atoms with Crippen LogP contribution >= 0.6 is 11.8 Å². The Morgan fingerprint density at radius 1 is 1.03 bits per heavy atom. The first-order valence-corrected chi connectivity index (χ1v) is 13.2. The Morgan fingerprint density at radius 3 is 2.46 bits per heavy atom. The van der Waals surface area contributed by atoms with Crippen molar-refractivity contribution in [2.24, 2.45) is 0 Å². The lowest BCUT2D eigenvalue weighted by Crippen LogP contribution is -2.27. The van der Waals surface area contributed by atoms with E-state index < -0.39 is 6.67 Å². The molecule has 2 aromatic carbocycles. The van der Waals surface area contributed by atoms with E-state index >= 15 is 0 Å². The number of rotatable bonds is 9. The smallest absolute Gasteiger partial charge is 0.270 e. The molecule has 0 aliphatic carbocycles. The van der Waals surface area contributed by atoms with Gasteiger partial charge in [-0.2, -0.15) is 0 Å². The van der Waals surface area contributed by atoms with E-state index in [4.69, 9.17) is 14.9 Å². The molecule has 0 amide bonds. The minimum Gasteiger partial charge on any atom is -0.414 e. The molecule has 0 radical (unpaired) electrons. The van der Waals surface area contributed by atoms with Crippen molar-refractivity contribution in [3.05, 3.63) is 60.3 Å². The molecular formula is C27H29FN6O2S. The Kier molecular flexibility index (Phi) is 8.08. The van der Waals surface area contributed by atoms with Crippen LogP contribution in [-0.4, -0.2) is 51.3 Å². The summed E-state index contributed by atoms with van der Waals surface area (Å²) in [6.45, 7) is 3.65. The number of ether oxygens (including phenoxy) is 1. The topological polar surface area (TPSA) is 112 Å². The first kappa shape index (κ1) is 25.3. The second-order valence-corrected chi connectivity index (χ2v) is 10.4. The van der Waals surface area contributed by atoms with Crippen LogP contribution in [0.3, 0.4) is 0 Å². The van der Waals surface area contributed by atoms with Gasteiger partial charge in [0.25, 0.3) is 5.89 Å². The second-order valence-electron chi connectivity index (χ2n) is 8.99. The van der Waals surface area contributed by atoms with E-state index in [1.807, 2.05) is 48.2 Å². The molecule has 5 rings (SSSR count). The summed E-state index contributed by atoms with van der Waals surface area (Å²) in [4.78, 5) is 10.2. The van der Waals surface area contributed by atoms with Crippen molar-refractivity contribution in [3.8, 4) is 34.3 Å². The number of halogens is 1. The normalized spacial score (nSPS) is 15.1. The highest BCUT2D eigenvalue weighted by Crippen LogP contribution is 2.32. The van der Waals surface area contributed by atoms with Crippen LogP contribution in [0.4, 0.5) is 10.2 Å². The molecule has 2 aromatic heterocycles.